The molecule has 10 heteroatoms. The van der Waals surface area contributed by atoms with E-state index in [2.05, 4.69) is 15.1 Å². The number of piperazine rings is 1. The molecule has 0 bridgehead atoms. The van der Waals surface area contributed by atoms with E-state index in [1.807, 2.05) is 34.1 Å². The number of methoxy groups -OCH3 is 1. The van der Waals surface area contributed by atoms with E-state index >= 15 is 0 Å². The molecule has 2 aliphatic heterocycles. The Morgan fingerprint density at radius 1 is 0.938 bits per heavy atom. The lowest BCUT2D eigenvalue weighted by atomic mass is 10.1. The molecule has 1 N–H and O–H groups in total. The lowest BCUT2D eigenvalue weighted by Crippen LogP contribution is -2.52. The fraction of sp³-hybridized carbons (Fsp3) is 0.545. The molecule has 2 amide bonds. The molecule has 0 atom stereocenters. The number of benzene rings is 1. The summed E-state index contributed by atoms with van der Waals surface area (Å²) in [7, 11) is 1.62. The molecular weight excluding hydrogens is 428 g/mol. The number of hydrogen-bond acceptors (Lipinski definition) is 6. The van der Waals surface area contributed by atoms with Crippen LogP contribution in [0.15, 0.2) is 24.3 Å². The van der Waals surface area contributed by atoms with Gasteiger partial charge in [-0.2, -0.15) is 5.10 Å². The molecule has 1 aromatic heterocycles. The Morgan fingerprint density at radius 3 is 2.22 bits per heavy atom. The van der Waals surface area contributed by atoms with Crippen LogP contribution in [0.2, 0.25) is 0 Å². The molecule has 0 saturated carbocycles. The minimum absolute atomic E-state index is 0.000677. The molecule has 172 valence electrons. The Morgan fingerprint density at radius 2 is 1.56 bits per heavy atom. The van der Waals surface area contributed by atoms with Crippen molar-refractivity contribution in [3.8, 4) is 17.1 Å². The van der Waals surface area contributed by atoms with Crippen molar-refractivity contribution in [2.45, 2.75) is 25.8 Å². The van der Waals surface area contributed by atoms with Gasteiger partial charge in [-0.3, -0.25) is 24.2 Å². The van der Waals surface area contributed by atoms with Crippen LogP contribution in [0.4, 0.5) is 0 Å². The van der Waals surface area contributed by atoms with Gasteiger partial charge in [-0.1, -0.05) is 0 Å². The fourth-order valence-corrected chi connectivity index (χ4v) is 4.45. The Hall–Kier alpha value is -2.72. The second kappa shape index (κ2) is 10.3. The van der Waals surface area contributed by atoms with Crippen molar-refractivity contribution < 1.29 is 14.3 Å². The lowest BCUT2D eigenvalue weighted by Gasteiger charge is -2.36. The van der Waals surface area contributed by atoms with Gasteiger partial charge in [0, 0.05) is 44.8 Å². The summed E-state index contributed by atoms with van der Waals surface area (Å²) in [6.07, 6.45) is 3.41. The number of piperidine rings is 1. The second-order valence-electron chi connectivity index (χ2n) is 8.27. The van der Waals surface area contributed by atoms with E-state index in [-0.39, 0.29) is 18.4 Å². The molecule has 1 aromatic carbocycles. The molecular formula is C22H30N6O3S. The highest BCUT2D eigenvalue weighted by molar-refractivity contribution is 7.71. The topological polar surface area (TPSA) is 86.7 Å². The standard InChI is InChI=1S/C22H30N6O3S/c1-31-18-7-5-17(6-8-18)21-23-24-22(32)28(21)16-20(30)27-13-11-25(12-14-27)15-19(29)26-9-3-2-4-10-26/h5-8H,2-4,9-16H2,1H3,(H,24,32). The van der Waals surface area contributed by atoms with Crippen molar-refractivity contribution >= 4 is 24.0 Å². The maximum atomic E-state index is 13.0. The monoisotopic (exact) mass is 458 g/mol. The fourth-order valence-electron chi connectivity index (χ4n) is 4.25. The van der Waals surface area contributed by atoms with E-state index < -0.39 is 0 Å². The first-order valence-electron chi connectivity index (χ1n) is 11.1. The number of ether oxygens (including phenoxy) is 1. The largest absolute Gasteiger partial charge is 0.497 e. The number of nitrogens with one attached hydrogen (secondary N) is 1. The smallest absolute Gasteiger partial charge is 0.242 e. The van der Waals surface area contributed by atoms with Crippen LogP contribution in [0, 0.1) is 4.77 Å². The molecule has 2 aliphatic rings. The van der Waals surface area contributed by atoms with Gasteiger partial charge in [0.05, 0.1) is 13.7 Å². The van der Waals surface area contributed by atoms with Gasteiger partial charge in [0.2, 0.25) is 11.8 Å². The summed E-state index contributed by atoms with van der Waals surface area (Å²) >= 11 is 5.37. The van der Waals surface area contributed by atoms with Crippen LogP contribution in [0.5, 0.6) is 5.75 Å². The molecule has 4 rings (SSSR count). The minimum Gasteiger partial charge on any atom is -0.497 e. The highest BCUT2D eigenvalue weighted by Gasteiger charge is 2.25. The molecule has 0 aliphatic carbocycles. The molecule has 32 heavy (non-hydrogen) atoms. The van der Waals surface area contributed by atoms with Gasteiger partial charge in [0.25, 0.3) is 0 Å². The highest BCUT2D eigenvalue weighted by atomic mass is 32.1. The number of carbonyl (C=O) groups excluding carboxylic acids is 2. The normalized spacial score (nSPS) is 17.4. The van der Waals surface area contributed by atoms with Crippen molar-refractivity contribution in [2.24, 2.45) is 0 Å². The maximum absolute atomic E-state index is 13.0. The average molecular weight is 459 g/mol. The van der Waals surface area contributed by atoms with E-state index in [1.54, 1.807) is 11.7 Å². The van der Waals surface area contributed by atoms with Gasteiger partial charge in [-0.25, -0.2) is 0 Å². The summed E-state index contributed by atoms with van der Waals surface area (Å²) in [6, 6.07) is 7.49. The van der Waals surface area contributed by atoms with Crippen LogP contribution >= 0.6 is 12.2 Å². The van der Waals surface area contributed by atoms with Crippen LogP contribution in [0.25, 0.3) is 11.4 Å². The number of rotatable bonds is 6. The van der Waals surface area contributed by atoms with Crippen LogP contribution < -0.4 is 4.74 Å². The number of H-pyrrole nitrogens is 1. The van der Waals surface area contributed by atoms with E-state index in [4.69, 9.17) is 17.0 Å². The lowest BCUT2D eigenvalue weighted by molar-refractivity contribution is -0.136. The van der Waals surface area contributed by atoms with Crippen LogP contribution in [-0.4, -0.2) is 94.2 Å². The van der Waals surface area contributed by atoms with E-state index in [9.17, 15) is 9.59 Å². The number of amides is 2. The van der Waals surface area contributed by atoms with Crippen molar-refractivity contribution in [3.63, 3.8) is 0 Å². The first kappa shape index (κ1) is 22.5. The predicted molar refractivity (Wildman–Crippen MR) is 123 cm³/mol. The SMILES string of the molecule is COc1ccc(-c2n[nH]c(=S)n2CC(=O)N2CCN(CC(=O)N3CCCCC3)CC2)cc1. The van der Waals surface area contributed by atoms with Crippen LogP contribution in [0.3, 0.4) is 0 Å². The third-order valence-corrected chi connectivity index (χ3v) is 6.50. The molecule has 2 fully saturated rings. The molecule has 0 spiro atoms. The summed E-state index contributed by atoms with van der Waals surface area (Å²) in [5.74, 6) is 1.58. The molecule has 3 heterocycles. The van der Waals surface area contributed by atoms with Crippen molar-refractivity contribution in [1.29, 1.82) is 0 Å². The number of nitrogens with zero attached hydrogens (tertiary/aromatic N) is 5. The summed E-state index contributed by atoms with van der Waals surface area (Å²) in [6.45, 7) is 4.93. The van der Waals surface area contributed by atoms with E-state index in [1.165, 1.54) is 6.42 Å². The van der Waals surface area contributed by atoms with Gasteiger partial charge in [0.15, 0.2) is 10.6 Å². The number of aromatic amines is 1. The highest BCUT2D eigenvalue weighted by Crippen LogP contribution is 2.21. The Bertz CT molecular complexity index is 988. The molecule has 2 saturated heterocycles. The summed E-state index contributed by atoms with van der Waals surface area (Å²) in [5, 5.41) is 7.11. The maximum Gasteiger partial charge on any atom is 0.242 e. The number of carbonyl (C=O) groups is 2. The van der Waals surface area contributed by atoms with Gasteiger partial charge < -0.3 is 14.5 Å². The predicted octanol–water partition coefficient (Wildman–Crippen LogP) is 1.77. The van der Waals surface area contributed by atoms with Crippen molar-refractivity contribution in [1.82, 2.24) is 29.5 Å². The first-order chi connectivity index (χ1) is 15.5. The minimum atomic E-state index is -0.000677. The van der Waals surface area contributed by atoms with Crippen molar-refractivity contribution in [2.75, 3.05) is 52.9 Å². The zero-order valence-electron chi connectivity index (χ0n) is 18.5. The Kier molecular flexibility index (Phi) is 7.21. The van der Waals surface area contributed by atoms with Gasteiger partial charge in [-0.05, 0) is 55.7 Å². The third kappa shape index (κ3) is 5.18. The summed E-state index contributed by atoms with van der Waals surface area (Å²) in [4.78, 5) is 31.5. The zero-order valence-corrected chi connectivity index (χ0v) is 19.3. The Balaban J connectivity index is 1.33. The number of likely N-dealkylation sites (tertiary alicyclic amines) is 1. The zero-order chi connectivity index (χ0) is 22.5. The van der Waals surface area contributed by atoms with Gasteiger partial charge in [0.1, 0.15) is 12.3 Å². The second-order valence-corrected chi connectivity index (χ2v) is 8.65. The number of hydrogen-bond donors (Lipinski definition) is 1. The Labute approximate surface area is 192 Å². The molecule has 2 aromatic rings. The van der Waals surface area contributed by atoms with E-state index in [0.29, 0.717) is 43.3 Å². The number of aromatic nitrogens is 3. The average Bonchev–Trinajstić information content (AvgIpc) is 3.20. The quantitative estimate of drug-likeness (QED) is 0.664. The van der Waals surface area contributed by atoms with Gasteiger partial charge >= 0.3 is 0 Å². The summed E-state index contributed by atoms with van der Waals surface area (Å²) in [5.41, 5.74) is 0.854. The molecule has 9 nitrogen and oxygen atoms in total. The van der Waals surface area contributed by atoms with E-state index in [0.717, 1.165) is 37.2 Å². The van der Waals surface area contributed by atoms with Crippen LogP contribution in [0.1, 0.15) is 19.3 Å². The van der Waals surface area contributed by atoms with Crippen molar-refractivity contribution in [3.05, 3.63) is 29.0 Å². The van der Waals surface area contributed by atoms with Gasteiger partial charge in [-0.15, -0.1) is 0 Å². The summed E-state index contributed by atoms with van der Waals surface area (Å²) < 4.78 is 7.35. The first-order valence-corrected chi connectivity index (χ1v) is 11.5. The molecule has 0 unspecified atom stereocenters. The molecule has 0 radical (unpaired) electrons. The third-order valence-electron chi connectivity index (χ3n) is 6.19. The van der Waals surface area contributed by atoms with Crippen LogP contribution in [-0.2, 0) is 16.1 Å².